The molecule has 1 amide bonds. The summed E-state index contributed by atoms with van der Waals surface area (Å²) in [6.07, 6.45) is 0. The second-order valence-corrected chi connectivity index (χ2v) is 4.35. The van der Waals surface area contributed by atoms with Crippen LogP contribution in [-0.4, -0.2) is 29.1 Å². The third-order valence-corrected chi connectivity index (χ3v) is 2.92. The highest BCUT2D eigenvalue weighted by atomic mass is 32.1. The van der Waals surface area contributed by atoms with Crippen LogP contribution < -0.4 is 15.4 Å². The number of amides is 1. The smallest absolute Gasteiger partial charge is 0.257 e. The highest BCUT2D eigenvalue weighted by molar-refractivity contribution is 7.03. The Hall–Kier alpha value is -2.15. The molecule has 0 fully saturated rings. The van der Waals surface area contributed by atoms with Crippen molar-refractivity contribution in [2.75, 3.05) is 19.0 Å². The van der Waals surface area contributed by atoms with E-state index in [2.05, 4.69) is 20.2 Å². The van der Waals surface area contributed by atoms with Gasteiger partial charge in [0, 0.05) is 24.2 Å². The first-order valence-corrected chi connectivity index (χ1v) is 6.55. The molecular formula is C12H14N4O2S. The Kier molecular flexibility index (Phi) is 4.68. The van der Waals surface area contributed by atoms with Crippen LogP contribution in [0.15, 0.2) is 29.6 Å². The molecule has 0 aliphatic rings. The van der Waals surface area contributed by atoms with Gasteiger partial charge in [0.1, 0.15) is 5.75 Å². The zero-order chi connectivity index (χ0) is 13.5. The van der Waals surface area contributed by atoms with Gasteiger partial charge in [-0.05, 0) is 23.7 Å². The SMILES string of the molecule is CNC(=O)COc1cccc(NCc2csnn2)c1. The molecule has 0 aliphatic carbocycles. The van der Waals surface area contributed by atoms with Crippen molar-refractivity contribution in [3.05, 3.63) is 35.3 Å². The topological polar surface area (TPSA) is 76.1 Å². The number of nitrogens with zero attached hydrogens (tertiary/aromatic N) is 2. The minimum absolute atomic E-state index is 0.00988. The molecule has 0 saturated carbocycles. The maximum atomic E-state index is 11.1. The standard InChI is InChI=1S/C12H14N4O2S/c1-13-12(17)7-18-11-4-2-3-9(5-11)14-6-10-8-19-16-15-10/h2-5,8,14H,6-7H2,1H3,(H,13,17). The predicted molar refractivity (Wildman–Crippen MR) is 73.2 cm³/mol. The van der Waals surface area contributed by atoms with Crippen LogP contribution in [0.2, 0.25) is 0 Å². The molecule has 0 bridgehead atoms. The second-order valence-electron chi connectivity index (χ2n) is 3.74. The summed E-state index contributed by atoms with van der Waals surface area (Å²) in [7, 11) is 1.57. The van der Waals surface area contributed by atoms with E-state index in [1.807, 2.05) is 23.6 Å². The molecule has 0 atom stereocenters. The third-order valence-electron chi connectivity index (χ3n) is 2.36. The Morgan fingerprint density at radius 1 is 1.47 bits per heavy atom. The lowest BCUT2D eigenvalue weighted by Crippen LogP contribution is -2.24. The molecule has 100 valence electrons. The van der Waals surface area contributed by atoms with E-state index >= 15 is 0 Å². The fourth-order valence-electron chi connectivity index (χ4n) is 1.37. The van der Waals surface area contributed by atoms with E-state index in [1.165, 1.54) is 11.5 Å². The van der Waals surface area contributed by atoms with Crippen molar-refractivity contribution >= 4 is 23.1 Å². The normalized spacial score (nSPS) is 9.95. The molecule has 1 aromatic carbocycles. The van der Waals surface area contributed by atoms with Gasteiger partial charge >= 0.3 is 0 Å². The van der Waals surface area contributed by atoms with E-state index in [4.69, 9.17) is 4.74 Å². The summed E-state index contributed by atoms with van der Waals surface area (Å²) in [6.45, 7) is 0.616. The van der Waals surface area contributed by atoms with Gasteiger partial charge < -0.3 is 15.4 Å². The Bertz CT molecular complexity index is 530. The molecule has 0 saturated heterocycles. The summed E-state index contributed by atoms with van der Waals surface area (Å²) in [5.41, 5.74) is 1.80. The summed E-state index contributed by atoms with van der Waals surface area (Å²) < 4.78 is 9.15. The number of hydrogen-bond acceptors (Lipinski definition) is 6. The van der Waals surface area contributed by atoms with Crippen LogP contribution in [0.25, 0.3) is 0 Å². The van der Waals surface area contributed by atoms with Crippen LogP contribution >= 0.6 is 11.5 Å². The van der Waals surface area contributed by atoms with Gasteiger partial charge in [-0.15, -0.1) is 5.10 Å². The lowest BCUT2D eigenvalue weighted by molar-refractivity contribution is -0.122. The van der Waals surface area contributed by atoms with Gasteiger partial charge in [-0.1, -0.05) is 10.6 Å². The van der Waals surface area contributed by atoms with Crippen LogP contribution in [0.3, 0.4) is 0 Å². The van der Waals surface area contributed by atoms with Crippen LogP contribution in [0, 0.1) is 0 Å². The Labute approximate surface area is 115 Å². The van der Waals surface area contributed by atoms with Crippen molar-refractivity contribution in [3.63, 3.8) is 0 Å². The van der Waals surface area contributed by atoms with E-state index in [-0.39, 0.29) is 12.5 Å². The van der Waals surface area contributed by atoms with E-state index in [9.17, 15) is 4.79 Å². The first kappa shape index (κ1) is 13.3. The quantitative estimate of drug-likeness (QED) is 0.832. The summed E-state index contributed by atoms with van der Waals surface area (Å²) in [5, 5.41) is 11.5. The molecule has 6 nitrogen and oxygen atoms in total. The Morgan fingerprint density at radius 3 is 3.11 bits per heavy atom. The number of aromatic nitrogens is 2. The van der Waals surface area contributed by atoms with Crippen molar-refractivity contribution in [2.24, 2.45) is 0 Å². The number of hydrogen-bond donors (Lipinski definition) is 2. The van der Waals surface area contributed by atoms with Gasteiger partial charge in [0.05, 0.1) is 12.2 Å². The molecule has 1 aromatic heterocycles. The average Bonchev–Trinajstić information content (AvgIpc) is 2.96. The number of nitrogens with one attached hydrogen (secondary N) is 2. The molecular weight excluding hydrogens is 264 g/mol. The summed E-state index contributed by atoms with van der Waals surface area (Å²) >= 11 is 1.32. The third kappa shape index (κ3) is 4.22. The highest BCUT2D eigenvalue weighted by Gasteiger charge is 2.01. The van der Waals surface area contributed by atoms with E-state index in [0.29, 0.717) is 12.3 Å². The van der Waals surface area contributed by atoms with Gasteiger partial charge in [-0.2, -0.15) is 0 Å². The monoisotopic (exact) mass is 278 g/mol. The summed E-state index contributed by atoms with van der Waals surface area (Å²) in [6, 6.07) is 7.43. The number of carbonyl (C=O) groups is 1. The van der Waals surface area contributed by atoms with Crippen molar-refractivity contribution in [3.8, 4) is 5.75 Å². The first-order chi connectivity index (χ1) is 9.28. The summed E-state index contributed by atoms with van der Waals surface area (Å²) in [4.78, 5) is 11.1. The van der Waals surface area contributed by atoms with Crippen molar-refractivity contribution in [1.82, 2.24) is 14.9 Å². The van der Waals surface area contributed by atoms with Crippen LogP contribution in [-0.2, 0) is 11.3 Å². The zero-order valence-electron chi connectivity index (χ0n) is 10.4. The highest BCUT2D eigenvalue weighted by Crippen LogP contribution is 2.17. The number of carbonyl (C=O) groups excluding carboxylic acids is 1. The molecule has 2 aromatic rings. The average molecular weight is 278 g/mol. The van der Waals surface area contributed by atoms with Gasteiger partial charge in [-0.25, -0.2) is 0 Å². The lowest BCUT2D eigenvalue weighted by Gasteiger charge is -2.08. The first-order valence-electron chi connectivity index (χ1n) is 5.71. The minimum atomic E-state index is -0.160. The number of likely N-dealkylation sites (N-methyl/N-ethyl adjacent to an activating group) is 1. The van der Waals surface area contributed by atoms with Gasteiger partial charge in [0.2, 0.25) is 0 Å². The fourth-order valence-corrected chi connectivity index (χ4v) is 1.82. The predicted octanol–water partition coefficient (Wildman–Crippen LogP) is 1.27. The van der Waals surface area contributed by atoms with Gasteiger partial charge in [-0.3, -0.25) is 4.79 Å². The number of rotatable bonds is 6. The number of anilines is 1. The largest absolute Gasteiger partial charge is 0.484 e. The Balaban J connectivity index is 1.89. The lowest BCUT2D eigenvalue weighted by atomic mass is 10.3. The second kappa shape index (κ2) is 6.69. The van der Waals surface area contributed by atoms with E-state index < -0.39 is 0 Å². The molecule has 1 heterocycles. The minimum Gasteiger partial charge on any atom is -0.484 e. The molecule has 19 heavy (non-hydrogen) atoms. The maximum Gasteiger partial charge on any atom is 0.257 e. The summed E-state index contributed by atoms with van der Waals surface area (Å²) in [5.74, 6) is 0.483. The maximum absolute atomic E-state index is 11.1. The van der Waals surface area contributed by atoms with Gasteiger partial charge in [0.25, 0.3) is 5.91 Å². The molecule has 0 unspecified atom stereocenters. The van der Waals surface area contributed by atoms with Crippen molar-refractivity contribution in [1.29, 1.82) is 0 Å². The molecule has 7 heteroatoms. The molecule has 0 aliphatic heterocycles. The van der Waals surface area contributed by atoms with Crippen LogP contribution in [0.4, 0.5) is 5.69 Å². The Morgan fingerprint density at radius 2 is 2.37 bits per heavy atom. The van der Waals surface area contributed by atoms with Crippen molar-refractivity contribution in [2.45, 2.75) is 6.54 Å². The molecule has 0 radical (unpaired) electrons. The molecule has 0 spiro atoms. The molecule has 2 N–H and O–H groups in total. The van der Waals surface area contributed by atoms with Crippen LogP contribution in [0.1, 0.15) is 5.69 Å². The number of benzene rings is 1. The van der Waals surface area contributed by atoms with Gasteiger partial charge in [0.15, 0.2) is 6.61 Å². The van der Waals surface area contributed by atoms with E-state index in [0.717, 1.165) is 11.4 Å². The van der Waals surface area contributed by atoms with E-state index in [1.54, 1.807) is 13.1 Å². The molecule has 2 rings (SSSR count). The number of ether oxygens (including phenoxy) is 1. The zero-order valence-corrected chi connectivity index (χ0v) is 11.2. The van der Waals surface area contributed by atoms with Crippen LogP contribution in [0.5, 0.6) is 5.75 Å². The fraction of sp³-hybridized carbons (Fsp3) is 0.250. The van der Waals surface area contributed by atoms with Crippen molar-refractivity contribution < 1.29 is 9.53 Å².